The SMILES string of the molecule is c1ccc(-c2nnc(SC(c3ccccc3)c3ccccc3)n2-c2ccccc2)cc1. The summed E-state index contributed by atoms with van der Waals surface area (Å²) in [4.78, 5) is 0. The molecule has 1 heterocycles. The number of aromatic nitrogens is 3. The topological polar surface area (TPSA) is 30.7 Å². The number of hydrogen-bond donors (Lipinski definition) is 0. The number of thioether (sulfide) groups is 1. The molecule has 0 unspecified atom stereocenters. The molecule has 0 atom stereocenters. The molecule has 1 aromatic heterocycles. The second-order valence-electron chi connectivity index (χ2n) is 7.16. The van der Waals surface area contributed by atoms with Crippen LogP contribution in [0.25, 0.3) is 17.1 Å². The molecular formula is C27H21N3S. The highest BCUT2D eigenvalue weighted by atomic mass is 32.2. The van der Waals surface area contributed by atoms with Crippen molar-refractivity contribution >= 4 is 11.8 Å². The highest BCUT2D eigenvalue weighted by Gasteiger charge is 2.22. The van der Waals surface area contributed by atoms with E-state index in [0.29, 0.717) is 0 Å². The van der Waals surface area contributed by atoms with E-state index in [0.717, 1.165) is 22.2 Å². The van der Waals surface area contributed by atoms with Crippen LogP contribution in [-0.4, -0.2) is 14.8 Å². The van der Waals surface area contributed by atoms with E-state index < -0.39 is 0 Å². The molecule has 0 aliphatic carbocycles. The molecule has 5 rings (SSSR count). The molecule has 0 bridgehead atoms. The standard InChI is InChI=1S/C27H21N3S/c1-5-13-21(14-6-1)25(22-15-7-2-8-16-22)31-27-29-28-26(23-17-9-3-10-18-23)30(27)24-19-11-4-12-20-24/h1-20,25H. The Morgan fingerprint density at radius 2 is 1.03 bits per heavy atom. The summed E-state index contributed by atoms with van der Waals surface area (Å²) in [6.45, 7) is 0. The van der Waals surface area contributed by atoms with E-state index in [-0.39, 0.29) is 5.25 Å². The molecule has 5 aromatic rings. The lowest BCUT2D eigenvalue weighted by Gasteiger charge is -2.18. The van der Waals surface area contributed by atoms with E-state index in [1.54, 1.807) is 11.8 Å². The first-order chi connectivity index (χ1) is 15.4. The van der Waals surface area contributed by atoms with Crippen molar-refractivity contribution in [3.05, 3.63) is 132 Å². The van der Waals surface area contributed by atoms with E-state index in [2.05, 4.69) is 99.7 Å². The summed E-state index contributed by atoms with van der Waals surface area (Å²) in [7, 11) is 0. The first kappa shape index (κ1) is 19.3. The molecule has 0 N–H and O–H groups in total. The van der Waals surface area contributed by atoms with E-state index in [1.165, 1.54) is 11.1 Å². The van der Waals surface area contributed by atoms with Gasteiger partial charge in [-0.25, -0.2) is 0 Å². The normalized spacial score (nSPS) is 11.0. The molecule has 0 spiro atoms. The summed E-state index contributed by atoms with van der Waals surface area (Å²) in [5.41, 5.74) is 4.57. The lowest BCUT2D eigenvalue weighted by atomic mass is 10.0. The van der Waals surface area contributed by atoms with Crippen LogP contribution >= 0.6 is 11.8 Å². The van der Waals surface area contributed by atoms with Crippen LogP contribution in [0.4, 0.5) is 0 Å². The van der Waals surface area contributed by atoms with Gasteiger partial charge in [-0.05, 0) is 23.3 Å². The van der Waals surface area contributed by atoms with Gasteiger partial charge in [-0.3, -0.25) is 4.57 Å². The van der Waals surface area contributed by atoms with Crippen molar-refractivity contribution in [3.8, 4) is 17.1 Å². The lowest BCUT2D eigenvalue weighted by molar-refractivity contribution is 0.881. The summed E-state index contributed by atoms with van der Waals surface area (Å²) >= 11 is 1.72. The molecule has 31 heavy (non-hydrogen) atoms. The second kappa shape index (κ2) is 9.02. The molecule has 0 aliphatic rings. The highest BCUT2D eigenvalue weighted by Crippen LogP contribution is 2.41. The maximum Gasteiger partial charge on any atom is 0.197 e. The minimum atomic E-state index is 0.109. The lowest BCUT2D eigenvalue weighted by Crippen LogP contribution is -2.02. The molecule has 0 saturated carbocycles. The van der Waals surface area contributed by atoms with Gasteiger partial charge in [0.2, 0.25) is 0 Å². The summed E-state index contributed by atoms with van der Waals surface area (Å²) in [6.07, 6.45) is 0. The average Bonchev–Trinajstić information content (AvgIpc) is 3.28. The number of nitrogens with zero attached hydrogens (tertiary/aromatic N) is 3. The van der Waals surface area contributed by atoms with Crippen molar-refractivity contribution in [2.45, 2.75) is 10.4 Å². The van der Waals surface area contributed by atoms with Crippen LogP contribution in [0.15, 0.2) is 126 Å². The van der Waals surface area contributed by atoms with Crippen LogP contribution in [-0.2, 0) is 0 Å². The van der Waals surface area contributed by atoms with Gasteiger partial charge in [0.05, 0.1) is 5.25 Å². The van der Waals surface area contributed by atoms with Crippen LogP contribution in [0.3, 0.4) is 0 Å². The average molecular weight is 420 g/mol. The van der Waals surface area contributed by atoms with Gasteiger partial charge < -0.3 is 0 Å². The largest absolute Gasteiger partial charge is 0.270 e. The Labute approximate surface area is 186 Å². The minimum absolute atomic E-state index is 0.109. The highest BCUT2D eigenvalue weighted by molar-refractivity contribution is 7.99. The molecule has 0 amide bonds. The van der Waals surface area contributed by atoms with Gasteiger partial charge in [0.1, 0.15) is 0 Å². The van der Waals surface area contributed by atoms with Crippen LogP contribution in [0.5, 0.6) is 0 Å². The van der Waals surface area contributed by atoms with Crippen LogP contribution in [0.2, 0.25) is 0 Å². The second-order valence-corrected chi connectivity index (χ2v) is 8.23. The smallest absolute Gasteiger partial charge is 0.197 e. The molecule has 150 valence electrons. The van der Waals surface area contributed by atoms with Crippen LogP contribution in [0, 0.1) is 0 Å². The Hall–Kier alpha value is -3.63. The van der Waals surface area contributed by atoms with Gasteiger partial charge in [0.25, 0.3) is 0 Å². The third-order valence-corrected chi connectivity index (χ3v) is 6.36. The van der Waals surface area contributed by atoms with Crippen molar-refractivity contribution in [2.75, 3.05) is 0 Å². The fourth-order valence-corrected chi connectivity index (χ4v) is 4.80. The molecule has 4 heteroatoms. The maximum absolute atomic E-state index is 4.64. The third-order valence-electron chi connectivity index (χ3n) is 5.11. The Kier molecular flexibility index (Phi) is 5.63. The van der Waals surface area contributed by atoms with Gasteiger partial charge in [-0.1, -0.05) is 121 Å². The number of hydrogen-bond acceptors (Lipinski definition) is 3. The maximum atomic E-state index is 4.64. The fraction of sp³-hybridized carbons (Fsp3) is 0.0370. The Morgan fingerprint density at radius 1 is 0.548 bits per heavy atom. The molecule has 4 aromatic carbocycles. The number of benzene rings is 4. The van der Waals surface area contributed by atoms with Crippen molar-refractivity contribution in [1.82, 2.24) is 14.8 Å². The Morgan fingerprint density at radius 3 is 1.58 bits per heavy atom. The Bertz CT molecular complexity index is 1200. The van der Waals surface area contributed by atoms with E-state index in [4.69, 9.17) is 0 Å². The number of rotatable bonds is 6. The van der Waals surface area contributed by atoms with Gasteiger partial charge >= 0.3 is 0 Å². The zero-order valence-corrected chi connectivity index (χ0v) is 17.7. The first-order valence-corrected chi connectivity index (χ1v) is 11.1. The molecule has 0 radical (unpaired) electrons. The van der Waals surface area contributed by atoms with Crippen molar-refractivity contribution in [3.63, 3.8) is 0 Å². The first-order valence-electron chi connectivity index (χ1n) is 10.2. The van der Waals surface area contributed by atoms with E-state index in [9.17, 15) is 0 Å². The van der Waals surface area contributed by atoms with E-state index >= 15 is 0 Å². The summed E-state index contributed by atoms with van der Waals surface area (Å²) in [5, 5.41) is 10.2. The van der Waals surface area contributed by atoms with E-state index in [1.807, 2.05) is 36.4 Å². The van der Waals surface area contributed by atoms with Gasteiger partial charge in [0, 0.05) is 11.3 Å². The molecule has 3 nitrogen and oxygen atoms in total. The number of para-hydroxylation sites is 1. The fourth-order valence-electron chi connectivity index (χ4n) is 3.62. The monoisotopic (exact) mass is 419 g/mol. The summed E-state index contributed by atoms with van der Waals surface area (Å²) in [6, 6.07) is 41.7. The molecule has 0 saturated heterocycles. The van der Waals surface area contributed by atoms with Crippen molar-refractivity contribution in [2.24, 2.45) is 0 Å². The summed E-state index contributed by atoms with van der Waals surface area (Å²) < 4.78 is 2.15. The minimum Gasteiger partial charge on any atom is -0.270 e. The van der Waals surface area contributed by atoms with Gasteiger partial charge in [-0.15, -0.1) is 10.2 Å². The van der Waals surface area contributed by atoms with Crippen LogP contribution in [0.1, 0.15) is 16.4 Å². The predicted octanol–water partition coefficient (Wildman–Crippen LogP) is 6.82. The quantitative estimate of drug-likeness (QED) is 0.283. The molecular weight excluding hydrogens is 398 g/mol. The molecule has 0 aliphatic heterocycles. The van der Waals surface area contributed by atoms with Crippen molar-refractivity contribution in [1.29, 1.82) is 0 Å². The van der Waals surface area contributed by atoms with Gasteiger partial charge in [-0.2, -0.15) is 0 Å². The third kappa shape index (κ3) is 4.16. The zero-order chi connectivity index (χ0) is 20.9. The van der Waals surface area contributed by atoms with Crippen molar-refractivity contribution < 1.29 is 0 Å². The van der Waals surface area contributed by atoms with Crippen LogP contribution < -0.4 is 0 Å². The molecule has 0 fully saturated rings. The Balaban J connectivity index is 1.63. The predicted molar refractivity (Wildman–Crippen MR) is 127 cm³/mol. The summed E-state index contributed by atoms with van der Waals surface area (Å²) in [5.74, 6) is 0.842. The zero-order valence-electron chi connectivity index (χ0n) is 16.9. The van der Waals surface area contributed by atoms with Gasteiger partial charge in [0.15, 0.2) is 11.0 Å².